The van der Waals surface area contributed by atoms with Crippen LogP contribution in [0.3, 0.4) is 0 Å². The van der Waals surface area contributed by atoms with E-state index in [1.165, 1.54) is 0 Å². The Labute approximate surface area is 100 Å². The first-order chi connectivity index (χ1) is 8.34. The smallest absolute Gasteiger partial charge is 0.0987 e. The van der Waals surface area contributed by atoms with Gasteiger partial charge in [-0.15, -0.1) is 0 Å². The summed E-state index contributed by atoms with van der Waals surface area (Å²) in [6.07, 6.45) is 3.02. The second-order valence-electron chi connectivity index (χ2n) is 4.58. The highest BCUT2D eigenvalue weighted by atomic mass is 15.1. The normalized spacial score (nSPS) is 17.1. The lowest BCUT2D eigenvalue weighted by Crippen LogP contribution is -2.32. The van der Waals surface area contributed by atoms with E-state index in [1.54, 1.807) is 0 Å². The number of nitrogens with one attached hydrogen (secondary N) is 1. The van der Waals surface area contributed by atoms with E-state index in [-0.39, 0.29) is 5.41 Å². The van der Waals surface area contributed by atoms with Gasteiger partial charge in [0, 0.05) is 5.56 Å². The van der Waals surface area contributed by atoms with Crippen LogP contribution in [0.4, 0.5) is 0 Å². The molecule has 0 spiro atoms. The predicted octanol–water partition coefficient (Wildman–Crippen LogP) is 3.02. The minimum atomic E-state index is -0.306. The third kappa shape index (κ3) is 1.53. The monoisotopic (exact) mass is 223 g/mol. The zero-order chi connectivity index (χ0) is 11.7. The second kappa shape index (κ2) is 3.74. The number of hydrogen-bond donors (Lipinski definition) is 1. The summed E-state index contributed by atoms with van der Waals surface area (Å²) in [6, 6.07) is 14.5. The van der Waals surface area contributed by atoms with E-state index in [2.05, 4.69) is 16.3 Å². The molecule has 1 aromatic carbocycles. The predicted molar refractivity (Wildman–Crippen MR) is 65.2 cm³/mol. The Morgan fingerprint density at radius 2 is 2.00 bits per heavy atom. The molecule has 0 aliphatic heterocycles. The van der Waals surface area contributed by atoms with Gasteiger partial charge in [0.2, 0.25) is 0 Å². The minimum Gasteiger partial charge on any atom is -0.280 e. The van der Waals surface area contributed by atoms with Crippen LogP contribution in [0.1, 0.15) is 25.0 Å². The van der Waals surface area contributed by atoms with Crippen molar-refractivity contribution in [1.82, 2.24) is 10.2 Å². The first-order valence-corrected chi connectivity index (χ1v) is 5.87. The van der Waals surface area contributed by atoms with Gasteiger partial charge in [-0.2, -0.15) is 10.4 Å². The van der Waals surface area contributed by atoms with Gasteiger partial charge in [-0.25, -0.2) is 0 Å². The molecule has 3 heteroatoms. The molecule has 0 amide bonds. The molecule has 2 aromatic rings. The SMILES string of the molecule is N#CC1(c2cc(-c3ccccc3)n[nH]2)CCC1. The van der Waals surface area contributed by atoms with Crippen molar-refractivity contribution >= 4 is 0 Å². The first kappa shape index (κ1) is 10.1. The Bertz CT molecular complexity index is 559. The van der Waals surface area contributed by atoms with Crippen LogP contribution in [-0.4, -0.2) is 10.2 Å². The van der Waals surface area contributed by atoms with Crippen LogP contribution < -0.4 is 0 Å². The summed E-state index contributed by atoms with van der Waals surface area (Å²) in [4.78, 5) is 0. The van der Waals surface area contributed by atoms with Gasteiger partial charge in [-0.1, -0.05) is 30.3 Å². The third-order valence-electron chi connectivity index (χ3n) is 3.58. The average molecular weight is 223 g/mol. The van der Waals surface area contributed by atoms with E-state index in [0.29, 0.717) is 0 Å². The van der Waals surface area contributed by atoms with Crippen molar-refractivity contribution < 1.29 is 0 Å². The van der Waals surface area contributed by atoms with Crippen molar-refractivity contribution in [1.29, 1.82) is 5.26 Å². The molecule has 1 saturated carbocycles. The Kier molecular flexibility index (Phi) is 2.22. The first-order valence-electron chi connectivity index (χ1n) is 5.87. The zero-order valence-corrected chi connectivity index (χ0v) is 9.48. The Hall–Kier alpha value is -2.08. The summed E-state index contributed by atoms with van der Waals surface area (Å²) in [5.74, 6) is 0. The number of nitriles is 1. The van der Waals surface area contributed by atoms with Gasteiger partial charge in [0.05, 0.1) is 22.9 Å². The highest BCUT2D eigenvalue weighted by molar-refractivity contribution is 5.59. The van der Waals surface area contributed by atoms with E-state index in [9.17, 15) is 5.26 Å². The van der Waals surface area contributed by atoms with Gasteiger partial charge in [0.1, 0.15) is 0 Å². The Balaban J connectivity index is 1.97. The Morgan fingerprint density at radius 3 is 2.59 bits per heavy atom. The fraction of sp³-hybridized carbons (Fsp3) is 0.286. The van der Waals surface area contributed by atoms with E-state index in [0.717, 1.165) is 36.2 Å². The summed E-state index contributed by atoms with van der Waals surface area (Å²) in [7, 11) is 0. The molecule has 3 nitrogen and oxygen atoms in total. The topological polar surface area (TPSA) is 52.5 Å². The standard InChI is InChI=1S/C14H13N3/c15-10-14(7-4-8-14)13-9-12(16-17-13)11-5-2-1-3-6-11/h1-3,5-6,9H,4,7-8H2,(H,16,17). The fourth-order valence-electron chi connectivity index (χ4n) is 2.30. The van der Waals surface area contributed by atoms with Crippen LogP contribution in [-0.2, 0) is 5.41 Å². The van der Waals surface area contributed by atoms with Crippen LogP contribution in [0.5, 0.6) is 0 Å². The second-order valence-corrected chi connectivity index (χ2v) is 4.58. The summed E-state index contributed by atoms with van der Waals surface area (Å²) in [5.41, 5.74) is 2.66. The van der Waals surface area contributed by atoms with Crippen LogP contribution in [0.25, 0.3) is 11.3 Å². The highest BCUT2D eigenvalue weighted by Gasteiger charge is 2.40. The van der Waals surface area contributed by atoms with Crippen molar-refractivity contribution in [2.45, 2.75) is 24.7 Å². The van der Waals surface area contributed by atoms with E-state index < -0.39 is 0 Å². The number of aromatic amines is 1. The van der Waals surface area contributed by atoms with Gasteiger partial charge in [-0.05, 0) is 25.3 Å². The molecule has 0 saturated heterocycles. The zero-order valence-electron chi connectivity index (χ0n) is 9.48. The van der Waals surface area contributed by atoms with Crippen LogP contribution in [0.15, 0.2) is 36.4 Å². The quantitative estimate of drug-likeness (QED) is 0.850. The number of hydrogen-bond acceptors (Lipinski definition) is 2. The van der Waals surface area contributed by atoms with Gasteiger partial charge < -0.3 is 0 Å². The molecule has 17 heavy (non-hydrogen) atoms. The molecule has 1 heterocycles. The average Bonchev–Trinajstić information content (AvgIpc) is 2.80. The van der Waals surface area contributed by atoms with Crippen LogP contribution >= 0.6 is 0 Å². The lowest BCUT2D eigenvalue weighted by molar-refractivity contribution is 0.316. The van der Waals surface area contributed by atoms with Crippen LogP contribution in [0.2, 0.25) is 0 Å². The number of H-pyrrole nitrogens is 1. The van der Waals surface area contributed by atoms with Gasteiger partial charge >= 0.3 is 0 Å². The van der Waals surface area contributed by atoms with Gasteiger partial charge in [-0.3, -0.25) is 5.10 Å². The summed E-state index contributed by atoms with van der Waals surface area (Å²) in [6.45, 7) is 0. The summed E-state index contributed by atoms with van der Waals surface area (Å²) in [5, 5.41) is 16.6. The molecule has 0 radical (unpaired) electrons. The molecule has 0 atom stereocenters. The van der Waals surface area contributed by atoms with E-state index in [1.807, 2.05) is 36.4 Å². The fourth-order valence-corrected chi connectivity index (χ4v) is 2.30. The molecule has 3 rings (SSSR count). The Morgan fingerprint density at radius 1 is 1.24 bits per heavy atom. The molecule has 1 fully saturated rings. The van der Waals surface area contributed by atoms with Crippen molar-refractivity contribution in [3.05, 3.63) is 42.1 Å². The van der Waals surface area contributed by atoms with Gasteiger partial charge in [0.15, 0.2) is 0 Å². The third-order valence-corrected chi connectivity index (χ3v) is 3.58. The van der Waals surface area contributed by atoms with E-state index in [4.69, 9.17) is 0 Å². The number of nitrogens with zero attached hydrogens (tertiary/aromatic N) is 2. The molecular weight excluding hydrogens is 210 g/mol. The van der Waals surface area contributed by atoms with Crippen LogP contribution in [0, 0.1) is 11.3 Å². The molecule has 0 unspecified atom stereocenters. The highest BCUT2D eigenvalue weighted by Crippen LogP contribution is 2.42. The maximum Gasteiger partial charge on any atom is 0.0987 e. The number of benzene rings is 1. The van der Waals surface area contributed by atoms with Crippen molar-refractivity contribution in [3.63, 3.8) is 0 Å². The summed E-state index contributed by atoms with van der Waals surface area (Å²) < 4.78 is 0. The largest absolute Gasteiger partial charge is 0.280 e. The number of aromatic nitrogens is 2. The van der Waals surface area contributed by atoms with Crippen molar-refractivity contribution in [3.8, 4) is 17.3 Å². The van der Waals surface area contributed by atoms with E-state index >= 15 is 0 Å². The minimum absolute atomic E-state index is 0.306. The molecule has 1 aliphatic carbocycles. The molecule has 0 bridgehead atoms. The maximum absolute atomic E-state index is 9.27. The number of rotatable bonds is 2. The summed E-state index contributed by atoms with van der Waals surface area (Å²) >= 11 is 0. The lowest BCUT2D eigenvalue weighted by Gasteiger charge is -2.33. The lowest BCUT2D eigenvalue weighted by atomic mass is 9.68. The molecule has 1 aliphatic rings. The molecule has 1 aromatic heterocycles. The van der Waals surface area contributed by atoms with Gasteiger partial charge in [0.25, 0.3) is 0 Å². The van der Waals surface area contributed by atoms with Crippen molar-refractivity contribution in [2.24, 2.45) is 0 Å². The molecular formula is C14H13N3. The maximum atomic E-state index is 9.27. The van der Waals surface area contributed by atoms with Crippen molar-refractivity contribution in [2.75, 3.05) is 0 Å². The molecule has 1 N–H and O–H groups in total. The molecule has 84 valence electrons.